The molecule has 3 aromatic rings. The van der Waals surface area contributed by atoms with Gasteiger partial charge in [0, 0.05) is 11.3 Å². The summed E-state index contributed by atoms with van der Waals surface area (Å²) in [4.78, 5) is 4.12. The second kappa shape index (κ2) is 5.46. The van der Waals surface area contributed by atoms with Gasteiger partial charge in [0.2, 0.25) is 0 Å². The van der Waals surface area contributed by atoms with E-state index in [4.69, 9.17) is 21.8 Å². The molecular formula is C14H10ClFN2O2S. The Hall–Kier alpha value is -1.92. The van der Waals surface area contributed by atoms with E-state index < -0.39 is 16.6 Å². The summed E-state index contributed by atoms with van der Waals surface area (Å²) in [6, 6.07) is 9.50. The topological polar surface area (TPSA) is 69.1 Å². The van der Waals surface area contributed by atoms with Crippen molar-refractivity contribution >= 4 is 39.2 Å². The molecule has 3 rings (SSSR count). The van der Waals surface area contributed by atoms with Gasteiger partial charge < -0.3 is 10.2 Å². The lowest BCUT2D eigenvalue weighted by molar-refractivity contribution is 0.477. The predicted molar refractivity (Wildman–Crippen MR) is 79.9 cm³/mol. The van der Waals surface area contributed by atoms with Crippen LogP contribution in [-0.2, 0) is 16.6 Å². The maximum atomic E-state index is 13.8. The molecule has 0 aliphatic rings. The Balaban J connectivity index is 1.91. The molecule has 0 aliphatic carbocycles. The predicted octanol–water partition coefficient (Wildman–Crippen LogP) is 3.51. The third-order valence-electron chi connectivity index (χ3n) is 2.90. The number of fused-ring (bicyclic) bond motifs is 1. The van der Waals surface area contributed by atoms with Crippen molar-refractivity contribution in [1.82, 2.24) is 4.98 Å². The van der Waals surface area contributed by atoms with Crippen molar-refractivity contribution in [3.05, 3.63) is 52.8 Å². The molecule has 0 radical (unpaired) electrons. The first-order chi connectivity index (χ1) is 10.0. The number of nitrogens with two attached hydrogens (primary N) is 1. The highest BCUT2D eigenvalue weighted by molar-refractivity contribution is 7.84. The summed E-state index contributed by atoms with van der Waals surface area (Å²) in [6.45, 7) is 0. The van der Waals surface area contributed by atoms with Gasteiger partial charge in [0.1, 0.15) is 22.1 Å². The molecule has 0 bridgehead atoms. The van der Waals surface area contributed by atoms with Crippen molar-refractivity contribution in [2.45, 2.75) is 11.0 Å². The van der Waals surface area contributed by atoms with Gasteiger partial charge in [-0.1, -0.05) is 23.7 Å². The molecule has 1 heterocycles. The first-order valence-electron chi connectivity index (χ1n) is 6.02. The Kier molecular flexibility index (Phi) is 3.65. The van der Waals surface area contributed by atoms with E-state index in [1.54, 1.807) is 24.3 Å². The second-order valence-electron chi connectivity index (χ2n) is 4.41. The van der Waals surface area contributed by atoms with Crippen molar-refractivity contribution in [2.75, 3.05) is 5.73 Å². The highest BCUT2D eigenvalue weighted by atomic mass is 35.5. The molecule has 0 amide bonds. The number of hydrogen-bond donors (Lipinski definition) is 1. The van der Waals surface area contributed by atoms with Gasteiger partial charge in [0.15, 0.2) is 5.58 Å². The number of nitrogen functional groups attached to an aromatic ring is 1. The highest BCUT2D eigenvalue weighted by Crippen LogP contribution is 2.24. The normalized spacial score (nSPS) is 12.7. The van der Waals surface area contributed by atoms with Crippen molar-refractivity contribution in [2.24, 2.45) is 0 Å². The Bertz CT molecular complexity index is 850. The molecule has 0 fully saturated rings. The zero-order chi connectivity index (χ0) is 15.0. The van der Waals surface area contributed by atoms with E-state index in [-0.39, 0.29) is 21.6 Å². The molecule has 21 heavy (non-hydrogen) atoms. The molecule has 7 heteroatoms. The summed E-state index contributed by atoms with van der Waals surface area (Å²) in [5, 5.41) is 0.0322. The van der Waals surface area contributed by atoms with Gasteiger partial charge >= 0.3 is 0 Å². The van der Waals surface area contributed by atoms with Crippen molar-refractivity contribution in [1.29, 1.82) is 0 Å². The Morgan fingerprint density at radius 3 is 2.95 bits per heavy atom. The van der Waals surface area contributed by atoms with E-state index in [0.717, 1.165) is 0 Å². The first kappa shape index (κ1) is 14.0. The van der Waals surface area contributed by atoms with Crippen LogP contribution in [0.5, 0.6) is 0 Å². The molecular weight excluding hydrogens is 315 g/mol. The third-order valence-corrected chi connectivity index (χ3v) is 4.33. The summed E-state index contributed by atoms with van der Waals surface area (Å²) in [5.74, 6) is -0.637. The van der Waals surface area contributed by atoms with E-state index in [2.05, 4.69) is 4.98 Å². The van der Waals surface area contributed by atoms with E-state index >= 15 is 0 Å². The fraction of sp³-hybridized carbons (Fsp3) is 0.0714. The molecule has 108 valence electrons. The number of aromatic nitrogens is 1. The average Bonchev–Trinajstić information content (AvgIpc) is 2.87. The lowest BCUT2D eigenvalue weighted by atomic mass is 10.2. The number of benzene rings is 2. The van der Waals surface area contributed by atoms with Crippen molar-refractivity contribution in [3.8, 4) is 0 Å². The van der Waals surface area contributed by atoms with Gasteiger partial charge in [-0.2, -0.15) is 0 Å². The second-order valence-corrected chi connectivity index (χ2v) is 6.15. The van der Waals surface area contributed by atoms with Crippen molar-refractivity contribution in [3.63, 3.8) is 0 Å². The van der Waals surface area contributed by atoms with Crippen LogP contribution in [0.15, 0.2) is 46.0 Å². The van der Waals surface area contributed by atoms with Gasteiger partial charge in [0.05, 0.1) is 10.8 Å². The van der Waals surface area contributed by atoms with Gasteiger partial charge in [0.25, 0.3) is 5.22 Å². The molecule has 1 unspecified atom stereocenters. The molecule has 1 aromatic heterocycles. The number of oxazole rings is 1. The lowest BCUT2D eigenvalue weighted by Crippen LogP contribution is -1.99. The number of anilines is 1. The van der Waals surface area contributed by atoms with E-state index in [9.17, 15) is 8.60 Å². The highest BCUT2D eigenvalue weighted by Gasteiger charge is 2.16. The minimum atomic E-state index is -1.61. The summed E-state index contributed by atoms with van der Waals surface area (Å²) in [6.07, 6.45) is 0. The van der Waals surface area contributed by atoms with Crippen LogP contribution < -0.4 is 5.73 Å². The van der Waals surface area contributed by atoms with Crippen molar-refractivity contribution < 1.29 is 13.0 Å². The van der Waals surface area contributed by atoms with Crippen LogP contribution in [0.2, 0.25) is 5.02 Å². The van der Waals surface area contributed by atoms with Crippen LogP contribution in [0.4, 0.5) is 10.1 Å². The Morgan fingerprint density at radius 2 is 2.14 bits per heavy atom. The number of hydrogen-bond acceptors (Lipinski definition) is 4. The van der Waals surface area contributed by atoms with E-state index in [1.165, 1.54) is 12.1 Å². The zero-order valence-electron chi connectivity index (χ0n) is 10.7. The van der Waals surface area contributed by atoms with Crippen LogP contribution in [0, 0.1) is 5.82 Å². The maximum Gasteiger partial charge on any atom is 0.288 e. The SMILES string of the molecule is Nc1ccc2oc(S(=O)Cc3cccc(Cl)c3F)nc2c1. The van der Waals surface area contributed by atoms with Crippen LogP contribution in [0.3, 0.4) is 0 Å². The minimum absolute atomic E-state index is 0.00478. The third kappa shape index (κ3) is 2.77. The summed E-state index contributed by atoms with van der Waals surface area (Å²) in [5.41, 5.74) is 7.44. The maximum absolute atomic E-state index is 13.8. The standard InChI is InChI=1S/C14H10ClFN2O2S/c15-10-3-1-2-8(13(10)16)7-21(19)14-18-11-6-9(17)4-5-12(11)20-14/h1-6H,7,17H2. The first-order valence-corrected chi connectivity index (χ1v) is 7.71. The number of halogens is 2. The lowest BCUT2D eigenvalue weighted by Gasteiger charge is -2.02. The van der Waals surface area contributed by atoms with Crippen LogP contribution in [0.1, 0.15) is 5.56 Å². The average molecular weight is 325 g/mol. The molecule has 2 N–H and O–H groups in total. The summed E-state index contributed by atoms with van der Waals surface area (Å²) < 4.78 is 31.5. The zero-order valence-corrected chi connectivity index (χ0v) is 12.2. The molecule has 0 saturated carbocycles. The quantitative estimate of drug-likeness (QED) is 0.748. The molecule has 4 nitrogen and oxygen atoms in total. The monoisotopic (exact) mass is 324 g/mol. The number of rotatable bonds is 3. The van der Waals surface area contributed by atoms with Gasteiger partial charge in [-0.25, -0.2) is 13.6 Å². The number of nitrogens with zero attached hydrogens (tertiary/aromatic N) is 1. The smallest absolute Gasteiger partial charge is 0.288 e. The largest absolute Gasteiger partial charge is 0.430 e. The van der Waals surface area contributed by atoms with Crippen LogP contribution >= 0.6 is 11.6 Å². The molecule has 0 aliphatic heterocycles. The molecule has 0 spiro atoms. The van der Waals surface area contributed by atoms with Gasteiger partial charge in [-0.3, -0.25) is 0 Å². The van der Waals surface area contributed by atoms with E-state index in [1.807, 2.05) is 0 Å². The fourth-order valence-electron chi connectivity index (χ4n) is 1.88. The molecule has 2 aromatic carbocycles. The van der Waals surface area contributed by atoms with Gasteiger partial charge in [-0.05, 0) is 24.3 Å². The van der Waals surface area contributed by atoms with E-state index in [0.29, 0.717) is 16.8 Å². The van der Waals surface area contributed by atoms with Crippen LogP contribution in [-0.4, -0.2) is 9.19 Å². The minimum Gasteiger partial charge on any atom is -0.430 e. The molecule has 1 atom stereocenters. The Labute approximate surface area is 127 Å². The fourth-order valence-corrected chi connectivity index (χ4v) is 3.09. The Morgan fingerprint density at radius 1 is 1.33 bits per heavy atom. The molecule has 0 saturated heterocycles. The summed E-state index contributed by atoms with van der Waals surface area (Å²) >= 11 is 5.70. The van der Waals surface area contributed by atoms with Gasteiger partial charge in [-0.15, -0.1) is 0 Å². The summed E-state index contributed by atoms with van der Waals surface area (Å²) in [7, 11) is -1.61. The van der Waals surface area contributed by atoms with Crippen LogP contribution in [0.25, 0.3) is 11.1 Å².